The molecule has 0 saturated carbocycles. The molecule has 5 aliphatic rings. The molecule has 0 aromatic heterocycles. The number of nitrogens with two attached hydrogens (primary N) is 1. The maximum absolute atomic E-state index is 14.1. The first-order valence-electron chi connectivity index (χ1n) is 15.2. The van der Waals surface area contributed by atoms with E-state index in [-0.39, 0.29) is 17.9 Å². The summed E-state index contributed by atoms with van der Waals surface area (Å²) in [5.74, 6) is 2.75. The molecule has 0 fully saturated rings. The molecule has 0 aliphatic carbocycles. The lowest BCUT2D eigenvalue weighted by atomic mass is 9.87. The van der Waals surface area contributed by atoms with Crippen LogP contribution in [0, 0.1) is 0 Å². The zero-order chi connectivity index (χ0) is 30.3. The minimum Gasteiger partial charge on any atom is -0.494 e. The van der Waals surface area contributed by atoms with Crippen molar-refractivity contribution in [2.75, 3.05) is 32.8 Å². The van der Waals surface area contributed by atoms with Crippen molar-refractivity contribution < 1.29 is 23.8 Å². The molecular weight excluding hydrogens is 554 g/mol. The summed E-state index contributed by atoms with van der Waals surface area (Å²) in [5, 5.41) is 2.98. The fourth-order valence-electron chi connectivity index (χ4n) is 5.78. The van der Waals surface area contributed by atoms with E-state index in [1.165, 1.54) is 0 Å². The molecule has 226 valence electrons. The van der Waals surface area contributed by atoms with Gasteiger partial charge in [0.05, 0.1) is 12.6 Å². The van der Waals surface area contributed by atoms with Gasteiger partial charge in [-0.2, -0.15) is 0 Å². The molecule has 44 heavy (non-hydrogen) atoms. The summed E-state index contributed by atoms with van der Waals surface area (Å²) in [7, 11) is 0. The number of hydrogen-bond donors (Lipinski definition) is 2. The van der Waals surface area contributed by atoms with Crippen LogP contribution in [-0.4, -0.2) is 49.6 Å². The van der Waals surface area contributed by atoms with Gasteiger partial charge in [0.25, 0.3) is 5.91 Å². The highest BCUT2D eigenvalue weighted by atomic mass is 16.5. The molecule has 0 spiro atoms. The summed E-state index contributed by atoms with van der Waals surface area (Å²) in [6, 6.07) is 28.8. The SMILES string of the molecule is NCCOc1cccc(C(=O)N2CCc3cc4ccc3C2c2cccc(c2)OCCCNC(=O)CCc2ccc(cc2)O4)c1. The van der Waals surface area contributed by atoms with Crippen LogP contribution in [-0.2, 0) is 17.6 Å². The van der Waals surface area contributed by atoms with Crippen LogP contribution < -0.4 is 25.3 Å². The Morgan fingerprint density at radius 1 is 0.909 bits per heavy atom. The third kappa shape index (κ3) is 6.87. The predicted molar refractivity (Wildman–Crippen MR) is 168 cm³/mol. The number of nitrogens with zero attached hydrogens (tertiary/aromatic N) is 1. The lowest BCUT2D eigenvalue weighted by molar-refractivity contribution is -0.121. The number of ether oxygens (including phenoxy) is 3. The third-order valence-corrected chi connectivity index (χ3v) is 7.96. The fourth-order valence-corrected chi connectivity index (χ4v) is 5.78. The molecule has 8 bridgehead atoms. The van der Waals surface area contributed by atoms with E-state index in [1.807, 2.05) is 77.7 Å². The van der Waals surface area contributed by atoms with Gasteiger partial charge < -0.3 is 30.2 Å². The van der Waals surface area contributed by atoms with Crippen molar-refractivity contribution in [1.29, 1.82) is 0 Å². The van der Waals surface area contributed by atoms with Crippen LogP contribution in [0.4, 0.5) is 0 Å². The Labute approximate surface area is 257 Å². The second-order valence-electron chi connectivity index (χ2n) is 11.0. The Hall–Kier alpha value is -4.82. The normalized spacial score (nSPS) is 16.7. The quantitative estimate of drug-likeness (QED) is 0.328. The molecule has 3 N–H and O–H groups in total. The smallest absolute Gasteiger partial charge is 0.254 e. The summed E-state index contributed by atoms with van der Waals surface area (Å²) in [6.45, 7) is 2.32. The van der Waals surface area contributed by atoms with E-state index in [0.717, 1.165) is 39.5 Å². The summed E-state index contributed by atoms with van der Waals surface area (Å²) >= 11 is 0. The van der Waals surface area contributed by atoms with E-state index in [1.54, 1.807) is 6.07 Å². The van der Waals surface area contributed by atoms with Gasteiger partial charge in [-0.05, 0) is 96.1 Å². The molecule has 5 aliphatic heterocycles. The van der Waals surface area contributed by atoms with E-state index in [2.05, 4.69) is 17.4 Å². The van der Waals surface area contributed by atoms with Gasteiger partial charge in [-0.25, -0.2) is 0 Å². The number of amides is 2. The number of aryl methyl sites for hydroxylation is 1. The highest BCUT2D eigenvalue weighted by molar-refractivity contribution is 5.95. The molecule has 8 heteroatoms. The fraction of sp³-hybridized carbons (Fsp3) is 0.278. The highest BCUT2D eigenvalue weighted by Crippen LogP contribution is 2.39. The van der Waals surface area contributed by atoms with Crippen molar-refractivity contribution in [3.63, 3.8) is 0 Å². The van der Waals surface area contributed by atoms with Crippen molar-refractivity contribution in [3.05, 3.63) is 119 Å². The van der Waals surface area contributed by atoms with Crippen molar-refractivity contribution in [1.82, 2.24) is 10.2 Å². The van der Waals surface area contributed by atoms with E-state index in [9.17, 15) is 9.59 Å². The summed E-state index contributed by atoms with van der Waals surface area (Å²) in [4.78, 5) is 28.4. The first-order chi connectivity index (χ1) is 21.6. The van der Waals surface area contributed by atoms with Crippen LogP contribution in [0.1, 0.15) is 51.5 Å². The van der Waals surface area contributed by atoms with Crippen LogP contribution >= 0.6 is 0 Å². The zero-order valence-corrected chi connectivity index (χ0v) is 24.7. The average Bonchev–Trinajstić information content (AvgIpc) is 3.06. The Kier molecular flexibility index (Phi) is 9.08. The second-order valence-corrected chi connectivity index (χ2v) is 11.0. The topological polar surface area (TPSA) is 103 Å². The lowest BCUT2D eigenvalue weighted by Crippen LogP contribution is -2.40. The van der Waals surface area contributed by atoms with E-state index in [4.69, 9.17) is 19.9 Å². The molecule has 1 unspecified atom stereocenters. The van der Waals surface area contributed by atoms with Crippen molar-refractivity contribution >= 4 is 11.8 Å². The summed E-state index contributed by atoms with van der Waals surface area (Å²) < 4.78 is 18.0. The van der Waals surface area contributed by atoms with Gasteiger partial charge >= 0.3 is 0 Å². The van der Waals surface area contributed by atoms with Crippen LogP contribution in [0.15, 0.2) is 91.0 Å². The molecule has 4 aromatic rings. The maximum atomic E-state index is 14.1. The Bertz CT molecular complexity index is 1620. The van der Waals surface area contributed by atoms with E-state index < -0.39 is 0 Å². The molecule has 5 heterocycles. The Morgan fingerprint density at radius 2 is 1.75 bits per heavy atom. The van der Waals surface area contributed by atoms with Gasteiger partial charge in [-0.3, -0.25) is 9.59 Å². The Balaban J connectivity index is 1.36. The van der Waals surface area contributed by atoms with Gasteiger partial charge in [0.15, 0.2) is 0 Å². The van der Waals surface area contributed by atoms with Crippen molar-refractivity contribution in [3.8, 4) is 23.0 Å². The molecule has 4 aromatic carbocycles. The molecular formula is C36H37N3O5. The van der Waals surface area contributed by atoms with E-state index in [0.29, 0.717) is 69.8 Å². The molecule has 1 atom stereocenters. The van der Waals surface area contributed by atoms with Gasteiger partial charge in [0.2, 0.25) is 5.91 Å². The highest BCUT2D eigenvalue weighted by Gasteiger charge is 2.33. The summed E-state index contributed by atoms with van der Waals surface area (Å²) in [5.41, 5.74) is 10.4. The minimum absolute atomic E-state index is 0.0214. The number of nitrogens with one attached hydrogen (secondary N) is 1. The number of carbonyl (C=O) groups is 2. The number of hydrogen-bond acceptors (Lipinski definition) is 6. The first-order valence-corrected chi connectivity index (χ1v) is 15.2. The number of rotatable bonds is 4. The minimum atomic E-state index is -0.329. The maximum Gasteiger partial charge on any atom is 0.254 e. The predicted octanol–water partition coefficient (Wildman–Crippen LogP) is 5.44. The van der Waals surface area contributed by atoms with Crippen LogP contribution in [0.2, 0.25) is 0 Å². The lowest BCUT2D eigenvalue weighted by Gasteiger charge is -2.38. The van der Waals surface area contributed by atoms with Gasteiger partial charge in [-0.15, -0.1) is 0 Å². The van der Waals surface area contributed by atoms with Gasteiger partial charge in [0, 0.05) is 31.6 Å². The van der Waals surface area contributed by atoms with Crippen LogP contribution in [0.3, 0.4) is 0 Å². The molecule has 0 saturated heterocycles. The molecule has 9 rings (SSSR count). The number of carbonyl (C=O) groups excluding carboxylic acids is 2. The van der Waals surface area contributed by atoms with Crippen LogP contribution in [0.5, 0.6) is 23.0 Å². The molecule has 8 nitrogen and oxygen atoms in total. The van der Waals surface area contributed by atoms with E-state index >= 15 is 0 Å². The first kappa shape index (κ1) is 29.3. The summed E-state index contributed by atoms with van der Waals surface area (Å²) in [6.07, 6.45) is 2.46. The third-order valence-electron chi connectivity index (χ3n) is 7.96. The standard InChI is InChI=1S/C36H37N3O5/c37-17-21-43-31-7-2-5-28(24-31)36(41)39-19-16-26-22-32-13-14-33(26)35(39)27-4-1-6-30(23-27)42-20-3-18-38-34(40)15-10-25-8-11-29(44-32)12-9-25/h1-2,4-9,11-14,22-24,35H,3,10,15-21,37H2,(H,38,40). The van der Waals surface area contributed by atoms with Gasteiger partial charge in [-0.1, -0.05) is 36.4 Å². The average molecular weight is 592 g/mol. The Morgan fingerprint density at radius 3 is 2.61 bits per heavy atom. The molecule has 0 radical (unpaired) electrons. The second kappa shape index (κ2) is 13.7. The zero-order valence-electron chi connectivity index (χ0n) is 24.7. The van der Waals surface area contributed by atoms with Gasteiger partial charge in [0.1, 0.15) is 29.6 Å². The van der Waals surface area contributed by atoms with Crippen molar-refractivity contribution in [2.24, 2.45) is 5.73 Å². The largest absolute Gasteiger partial charge is 0.494 e. The monoisotopic (exact) mass is 591 g/mol. The molecule has 2 amide bonds. The number of benzene rings is 4. The van der Waals surface area contributed by atoms with Crippen LogP contribution in [0.25, 0.3) is 0 Å². The van der Waals surface area contributed by atoms with Crippen molar-refractivity contribution in [2.45, 2.75) is 31.7 Å².